The van der Waals surface area contributed by atoms with Crippen LogP contribution in [0.3, 0.4) is 0 Å². The van der Waals surface area contributed by atoms with Crippen LogP contribution in [-0.2, 0) is 20.9 Å². The Hall–Kier alpha value is -2.30. The minimum absolute atomic E-state index is 0.00986. The number of aromatic nitrogens is 2. The van der Waals surface area contributed by atoms with Gasteiger partial charge in [-0.2, -0.15) is 0 Å². The summed E-state index contributed by atoms with van der Waals surface area (Å²) in [4.78, 5) is 12.8. The molecule has 3 aromatic rings. The van der Waals surface area contributed by atoms with E-state index in [0.717, 1.165) is 50.3 Å². The second kappa shape index (κ2) is 20.8. The molecular weight excluding hydrogens is 615 g/mol. The van der Waals surface area contributed by atoms with E-state index in [1.165, 1.54) is 70.6 Å². The third-order valence-corrected chi connectivity index (χ3v) is 10.6. The summed E-state index contributed by atoms with van der Waals surface area (Å²) in [5.41, 5.74) is 3.55. The van der Waals surface area contributed by atoms with Gasteiger partial charge in [0.05, 0.1) is 18.8 Å². The molecule has 0 spiro atoms. The standard InChI is InChI=1S/C37H53N3O4S2/c1-3-4-5-6-7-8-9-10-11-12-13-14-15-19-35(42)38-32-18-16-17-31(24-32)36-43-33(27-45-37-40-39-28(2)46-37)25-34(44-36)30-22-20-29(26-41)21-23-30/h16-18,20-24,33-34,36,41H,3-15,19,25-27H2,1-2H3,(H,38,42). The van der Waals surface area contributed by atoms with Crippen LogP contribution in [0, 0.1) is 6.92 Å². The predicted octanol–water partition coefficient (Wildman–Crippen LogP) is 10.1. The topological polar surface area (TPSA) is 93.6 Å². The fraction of sp³-hybridized carbons (Fsp3) is 0.595. The molecule has 1 aromatic heterocycles. The number of hydrogen-bond donors (Lipinski definition) is 2. The molecular formula is C37H53N3O4S2. The summed E-state index contributed by atoms with van der Waals surface area (Å²) >= 11 is 3.24. The molecule has 0 aliphatic carbocycles. The summed E-state index contributed by atoms with van der Waals surface area (Å²) < 4.78 is 13.9. The fourth-order valence-corrected chi connectivity index (χ4v) is 7.67. The van der Waals surface area contributed by atoms with Crippen molar-refractivity contribution in [2.75, 3.05) is 11.1 Å². The van der Waals surface area contributed by atoms with Gasteiger partial charge in [-0.15, -0.1) is 10.2 Å². The Bertz CT molecular complexity index is 1290. The molecule has 1 saturated heterocycles. The van der Waals surface area contributed by atoms with Crippen molar-refractivity contribution in [3.8, 4) is 0 Å². The molecule has 1 amide bonds. The summed E-state index contributed by atoms with van der Waals surface area (Å²) in [6.07, 6.45) is 17.2. The number of aryl methyl sites for hydroxylation is 1. The van der Waals surface area contributed by atoms with Crippen LogP contribution in [0.5, 0.6) is 0 Å². The largest absolute Gasteiger partial charge is 0.392 e. The Morgan fingerprint density at radius 1 is 0.891 bits per heavy atom. The van der Waals surface area contributed by atoms with E-state index >= 15 is 0 Å². The number of aliphatic hydroxyl groups is 1. The van der Waals surface area contributed by atoms with Crippen molar-refractivity contribution in [2.24, 2.45) is 0 Å². The van der Waals surface area contributed by atoms with Gasteiger partial charge in [-0.1, -0.05) is 143 Å². The Balaban J connectivity index is 1.22. The molecule has 1 aliphatic heterocycles. The van der Waals surface area contributed by atoms with Gasteiger partial charge in [0.1, 0.15) is 5.01 Å². The number of rotatable bonds is 21. The van der Waals surface area contributed by atoms with Gasteiger partial charge < -0.3 is 19.9 Å². The quantitative estimate of drug-likeness (QED) is 0.0862. The van der Waals surface area contributed by atoms with Gasteiger partial charge >= 0.3 is 0 Å². The van der Waals surface area contributed by atoms with Gasteiger partial charge in [0, 0.05) is 29.8 Å². The van der Waals surface area contributed by atoms with Gasteiger partial charge in [-0.3, -0.25) is 4.79 Å². The van der Waals surface area contributed by atoms with E-state index < -0.39 is 6.29 Å². The summed E-state index contributed by atoms with van der Waals surface area (Å²) in [5.74, 6) is 0.782. The lowest BCUT2D eigenvalue weighted by Crippen LogP contribution is -2.31. The monoisotopic (exact) mass is 667 g/mol. The molecule has 2 heterocycles. The number of aliphatic hydroxyl groups excluding tert-OH is 1. The molecule has 2 N–H and O–H groups in total. The van der Waals surface area contributed by atoms with Crippen LogP contribution in [0.25, 0.3) is 0 Å². The van der Waals surface area contributed by atoms with E-state index in [1.54, 1.807) is 23.1 Å². The highest BCUT2D eigenvalue weighted by atomic mass is 32.2. The molecule has 4 rings (SSSR count). The number of unbranched alkanes of at least 4 members (excludes halogenated alkanes) is 12. The maximum absolute atomic E-state index is 12.8. The molecule has 3 atom stereocenters. The van der Waals surface area contributed by atoms with Crippen LogP contribution in [0.4, 0.5) is 5.69 Å². The van der Waals surface area contributed by atoms with Crippen molar-refractivity contribution in [1.29, 1.82) is 0 Å². The number of nitrogens with zero attached hydrogens (tertiary/aromatic N) is 2. The van der Waals surface area contributed by atoms with E-state index in [-0.39, 0.29) is 24.7 Å². The number of hydrogen-bond acceptors (Lipinski definition) is 8. The molecule has 0 bridgehead atoms. The van der Waals surface area contributed by atoms with Crippen LogP contribution >= 0.6 is 23.1 Å². The Morgan fingerprint density at radius 3 is 2.20 bits per heavy atom. The normalized spacial score (nSPS) is 18.1. The first-order chi connectivity index (χ1) is 22.5. The third kappa shape index (κ3) is 13.1. The number of carbonyl (C=O) groups is 1. The van der Waals surface area contributed by atoms with Crippen molar-refractivity contribution in [2.45, 2.75) is 140 Å². The lowest BCUT2D eigenvalue weighted by Gasteiger charge is -2.36. The number of carbonyl (C=O) groups excluding carboxylic acids is 1. The zero-order chi connectivity index (χ0) is 32.4. The molecule has 0 saturated carbocycles. The molecule has 0 radical (unpaired) electrons. The van der Waals surface area contributed by atoms with Crippen LogP contribution < -0.4 is 5.32 Å². The molecule has 1 fully saturated rings. The number of nitrogens with one attached hydrogen (secondary N) is 1. The van der Waals surface area contributed by atoms with Gasteiger partial charge in [0.15, 0.2) is 10.6 Å². The zero-order valence-electron chi connectivity index (χ0n) is 27.8. The summed E-state index contributed by atoms with van der Waals surface area (Å²) in [6.45, 7) is 4.24. The number of amides is 1. The lowest BCUT2D eigenvalue weighted by molar-refractivity contribution is -0.245. The van der Waals surface area contributed by atoms with Crippen LogP contribution in [0.1, 0.15) is 137 Å². The molecule has 46 heavy (non-hydrogen) atoms. The second-order valence-electron chi connectivity index (χ2n) is 12.4. The minimum Gasteiger partial charge on any atom is -0.392 e. The van der Waals surface area contributed by atoms with Crippen molar-refractivity contribution < 1.29 is 19.4 Å². The molecule has 2 aromatic carbocycles. The molecule has 252 valence electrons. The maximum Gasteiger partial charge on any atom is 0.224 e. The van der Waals surface area contributed by atoms with Crippen LogP contribution in [-0.4, -0.2) is 33.1 Å². The van der Waals surface area contributed by atoms with Crippen molar-refractivity contribution >= 4 is 34.7 Å². The minimum atomic E-state index is -0.573. The molecule has 9 heteroatoms. The number of thioether (sulfide) groups is 1. The van der Waals surface area contributed by atoms with E-state index in [9.17, 15) is 9.90 Å². The molecule has 7 nitrogen and oxygen atoms in total. The van der Waals surface area contributed by atoms with E-state index in [4.69, 9.17) is 9.47 Å². The van der Waals surface area contributed by atoms with E-state index in [1.807, 2.05) is 55.5 Å². The molecule has 3 unspecified atom stereocenters. The van der Waals surface area contributed by atoms with E-state index in [0.29, 0.717) is 12.8 Å². The average Bonchev–Trinajstić information content (AvgIpc) is 3.50. The Labute approximate surface area is 284 Å². The summed E-state index contributed by atoms with van der Waals surface area (Å²) in [6, 6.07) is 15.7. The highest BCUT2D eigenvalue weighted by Gasteiger charge is 2.32. The number of benzene rings is 2. The Morgan fingerprint density at radius 2 is 1.57 bits per heavy atom. The Kier molecular flexibility index (Phi) is 16.5. The number of ether oxygens (including phenoxy) is 2. The first-order valence-electron chi connectivity index (χ1n) is 17.4. The highest BCUT2D eigenvalue weighted by molar-refractivity contribution is 8.01. The zero-order valence-corrected chi connectivity index (χ0v) is 29.4. The SMILES string of the molecule is CCCCCCCCCCCCCCCC(=O)Nc1cccc(C2OC(CSc3nnc(C)s3)CC(c3ccc(CO)cc3)O2)c1. The van der Waals surface area contributed by atoms with Crippen molar-refractivity contribution in [3.05, 3.63) is 70.2 Å². The van der Waals surface area contributed by atoms with Crippen LogP contribution in [0.2, 0.25) is 0 Å². The van der Waals surface area contributed by atoms with Gasteiger partial charge in [-0.25, -0.2) is 0 Å². The predicted molar refractivity (Wildman–Crippen MR) is 189 cm³/mol. The maximum atomic E-state index is 12.8. The molecule has 1 aliphatic rings. The van der Waals surface area contributed by atoms with Crippen molar-refractivity contribution in [3.63, 3.8) is 0 Å². The fourth-order valence-electron chi connectivity index (χ4n) is 5.81. The van der Waals surface area contributed by atoms with Crippen LogP contribution in [0.15, 0.2) is 52.9 Å². The third-order valence-electron chi connectivity index (χ3n) is 8.47. The van der Waals surface area contributed by atoms with Gasteiger partial charge in [0.25, 0.3) is 0 Å². The lowest BCUT2D eigenvalue weighted by atomic mass is 10.0. The number of anilines is 1. The van der Waals surface area contributed by atoms with E-state index in [2.05, 4.69) is 22.4 Å². The van der Waals surface area contributed by atoms with Crippen molar-refractivity contribution in [1.82, 2.24) is 10.2 Å². The second-order valence-corrected chi connectivity index (χ2v) is 14.9. The first kappa shape index (κ1) is 36.5. The van der Waals surface area contributed by atoms with Gasteiger partial charge in [-0.05, 0) is 36.6 Å². The highest BCUT2D eigenvalue weighted by Crippen LogP contribution is 2.40. The average molecular weight is 668 g/mol. The summed E-state index contributed by atoms with van der Waals surface area (Å²) in [7, 11) is 0. The summed E-state index contributed by atoms with van der Waals surface area (Å²) in [5, 5.41) is 21.9. The van der Waals surface area contributed by atoms with Gasteiger partial charge in [0.2, 0.25) is 5.91 Å². The first-order valence-corrected chi connectivity index (χ1v) is 19.2. The smallest absolute Gasteiger partial charge is 0.224 e.